The predicted molar refractivity (Wildman–Crippen MR) is 92.9 cm³/mol. The zero-order chi connectivity index (χ0) is 17.8. The van der Waals surface area contributed by atoms with Gasteiger partial charge in [-0.3, -0.25) is 14.2 Å². The van der Waals surface area contributed by atoms with Gasteiger partial charge >= 0.3 is 0 Å². The highest BCUT2D eigenvalue weighted by Gasteiger charge is 2.20. The van der Waals surface area contributed by atoms with Crippen LogP contribution < -0.4 is 5.32 Å². The average molecular weight is 362 g/mol. The summed E-state index contributed by atoms with van der Waals surface area (Å²) in [6, 6.07) is 7.46. The molecule has 2 aromatic heterocycles. The molecule has 0 bridgehead atoms. The molecule has 3 aromatic rings. The first kappa shape index (κ1) is 17.2. The van der Waals surface area contributed by atoms with Crippen molar-refractivity contribution in [1.82, 2.24) is 19.6 Å². The van der Waals surface area contributed by atoms with E-state index < -0.39 is 6.04 Å². The summed E-state index contributed by atoms with van der Waals surface area (Å²) in [7, 11) is 0. The maximum Gasteiger partial charge on any atom is 0.250 e. The molecular weight excluding hydrogens is 345 g/mol. The van der Waals surface area contributed by atoms with Gasteiger partial charge in [0.25, 0.3) is 0 Å². The second-order valence-corrected chi connectivity index (χ2v) is 6.01. The van der Waals surface area contributed by atoms with Gasteiger partial charge in [-0.15, -0.1) is 0 Å². The molecule has 1 N–H and O–H groups in total. The molecular formula is C17H17ClFN5O. The Kier molecular flexibility index (Phi) is 5.14. The topological polar surface area (TPSA) is 64.7 Å². The Morgan fingerprint density at radius 2 is 2.08 bits per heavy atom. The molecule has 1 unspecified atom stereocenters. The van der Waals surface area contributed by atoms with Crippen LogP contribution in [-0.4, -0.2) is 25.5 Å². The number of carbonyl (C=O) groups excluding carboxylic acids is 1. The minimum Gasteiger partial charge on any atom is -0.307 e. The lowest BCUT2D eigenvalue weighted by atomic mass is 10.2. The fourth-order valence-electron chi connectivity index (χ4n) is 2.48. The molecule has 1 amide bonds. The number of nitrogens with zero attached hydrogens (tertiary/aromatic N) is 4. The van der Waals surface area contributed by atoms with E-state index in [0.717, 1.165) is 5.56 Å². The van der Waals surface area contributed by atoms with Crippen molar-refractivity contribution in [3.05, 3.63) is 65.3 Å². The number of carbonyl (C=O) groups is 1. The van der Waals surface area contributed by atoms with Crippen LogP contribution in [0, 0.1) is 5.82 Å². The van der Waals surface area contributed by atoms with Gasteiger partial charge in [0.1, 0.15) is 11.9 Å². The van der Waals surface area contributed by atoms with Gasteiger partial charge < -0.3 is 5.32 Å². The molecule has 0 saturated heterocycles. The molecule has 3 rings (SSSR count). The molecule has 25 heavy (non-hydrogen) atoms. The molecule has 0 saturated carbocycles. The van der Waals surface area contributed by atoms with Crippen molar-refractivity contribution in [2.24, 2.45) is 0 Å². The molecule has 0 spiro atoms. The maximum atomic E-state index is 12.9. The lowest BCUT2D eigenvalue weighted by Gasteiger charge is -2.14. The standard InChI is InChI=1S/C17H17ClFN5O/c1-2-15(24-11-13(18)9-20-24)17(25)21-16-7-8-23(22-16)10-12-3-5-14(19)6-4-12/h3-9,11,15H,2,10H2,1H3,(H,21,22,25). The number of hydrogen-bond donors (Lipinski definition) is 1. The second kappa shape index (κ2) is 7.48. The van der Waals surface area contributed by atoms with Crippen molar-refractivity contribution in [2.45, 2.75) is 25.9 Å². The third kappa shape index (κ3) is 4.24. The van der Waals surface area contributed by atoms with Crippen LogP contribution in [0.5, 0.6) is 0 Å². The molecule has 1 aromatic carbocycles. The summed E-state index contributed by atoms with van der Waals surface area (Å²) in [4.78, 5) is 12.5. The average Bonchev–Trinajstić information content (AvgIpc) is 3.20. The van der Waals surface area contributed by atoms with Crippen LogP contribution in [0.4, 0.5) is 10.2 Å². The van der Waals surface area contributed by atoms with Gasteiger partial charge in [0.2, 0.25) is 5.91 Å². The van der Waals surface area contributed by atoms with Crippen LogP contribution in [0.2, 0.25) is 5.02 Å². The number of hydrogen-bond acceptors (Lipinski definition) is 3. The Labute approximate surface area is 149 Å². The van der Waals surface area contributed by atoms with Crippen LogP contribution in [-0.2, 0) is 11.3 Å². The monoisotopic (exact) mass is 361 g/mol. The number of halogens is 2. The summed E-state index contributed by atoms with van der Waals surface area (Å²) in [6.07, 6.45) is 5.43. The Hall–Kier alpha value is -2.67. The smallest absolute Gasteiger partial charge is 0.250 e. The summed E-state index contributed by atoms with van der Waals surface area (Å²) < 4.78 is 16.1. The first-order valence-corrected chi connectivity index (χ1v) is 8.21. The van der Waals surface area contributed by atoms with E-state index in [4.69, 9.17) is 11.6 Å². The number of aromatic nitrogens is 4. The van der Waals surface area contributed by atoms with Crippen LogP contribution in [0.3, 0.4) is 0 Å². The molecule has 130 valence electrons. The first-order valence-electron chi connectivity index (χ1n) is 7.83. The highest BCUT2D eigenvalue weighted by atomic mass is 35.5. The third-order valence-electron chi connectivity index (χ3n) is 3.73. The number of benzene rings is 1. The molecule has 1 atom stereocenters. The molecule has 0 radical (unpaired) electrons. The van der Waals surface area contributed by atoms with E-state index in [0.29, 0.717) is 23.8 Å². The number of anilines is 1. The van der Waals surface area contributed by atoms with E-state index >= 15 is 0 Å². The summed E-state index contributed by atoms with van der Waals surface area (Å²) in [5.74, 6) is -0.0420. The fourth-order valence-corrected chi connectivity index (χ4v) is 2.62. The highest BCUT2D eigenvalue weighted by molar-refractivity contribution is 6.30. The zero-order valence-electron chi connectivity index (χ0n) is 13.6. The normalized spacial score (nSPS) is 12.1. The van der Waals surface area contributed by atoms with Gasteiger partial charge in [0.05, 0.1) is 17.8 Å². The van der Waals surface area contributed by atoms with Crippen LogP contribution in [0.15, 0.2) is 48.9 Å². The lowest BCUT2D eigenvalue weighted by Crippen LogP contribution is -2.26. The van der Waals surface area contributed by atoms with Gasteiger partial charge in [-0.2, -0.15) is 10.2 Å². The number of rotatable bonds is 6. The molecule has 6 nitrogen and oxygen atoms in total. The maximum absolute atomic E-state index is 12.9. The molecule has 0 aliphatic rings. The largest absolute Gasteiger partial charge is 0.307 e. The van der Waals surface area contributed by atoms with E-state index in [2.05, 4.69) is 15.5 Å². The number of amides is 1. The van der Waals surface area contributed by atoms with Crippen molar-refractivity contribution in [1.29, 1.82) is 0 Å². The number of nitrogens with one attached hydrogen (secondary N) is 1. The van der Waals surface area contributed by atoms with E-state index in [-0.39, 0.29) is 11.7 Å². The predicted octanol–water partition coefficient (Wildman–Crippen LogP) is 3.51. The van der Waals surface area contributed by atoms with E-state index in [1.807, 2.05) is 6.92 Å². The Morgan fingerprint density at radius 1 is 1.32 bits per heavy atom. The van der Waals surface area contributed by atoms with Crippen LogP contribution in [0.1, 0.15) is 24.9 Å². The van der Waals surface area contributed by atoms with E-state index in [9.17, 15) is 9.18 Å². The minimum atomic E-state index is -0.463. The Morgan fingerprint density at radius 3 is 2.72 bits per heavy atom. The van der Waals surface area contributed by atoms with Crippen molar-refractivity contribution < 1.29 is 9.18 Å². The summed E-state index contributed by atoms with van der Waals surface area (Å²) in [5, 5.41) is 11.7. The summed E-state index contributed by atoms with van der Waals surface area (Å²) in [5.41, 5.74) is 0.917. The van der Waals surface area contributed by atoms with Crippen molar-refractivity contribution in [2.75, 3.05) is 5.32 Å². The SMILES string of the molecule is CCC(C(=O)Nc1ccn(Cc2ccc(F)cc2)n1)n1cc(Cl)cn1. The van der Waals surface area contributed by atoms with Gasteiger partial charge in [-0.25, -0.2) is 4.39 Å². The summed E-state index contributed by atoms with van der Waals surface area (Å²) in [6.45, 7) is 2.38. The van der Waals surface area contributed by atoms with Gasteiger partial charge in [-0.05, 0) is 24.1 Å². The van der Waals surface area contributed by atoms with Crippen molar-refractivity contribution in [3.63, 3.8) is 0 Å². The summed E-state index contributed by atoms with van der Waals surface area (Å²) >= 11 is 5.86. The van der Waals surface area contributed by atoms with Gasteiger partial charge in [0.15, 0.2) is 5.82 Å². The van der Waals surface area contributed by atoms with E-state index in [1.165, 1.54) is 23.0 Å². The van der Waals surface area contributed by atoms with Crippen LogP contribution >= 0.6 is 11.6 Å². The molecule has 0 aliphatic heterocycles. The molecule has 0 fully saturated rings. The third-order valence-corrected chi connectivity index (χ3v) is 3.92. The molecule has 8 heteroatoms. The Bertz CT molecular complexity index is 858. The highest BCUT2D eigenvalue weighted by Crippen LogP contribution is 2.16. The van der Waals surface area contributed by atoms with Crippen molar-refractivity contribution in [3.8, 4) is 0 Å². The molecule has 0 aliphatic carbocycles. The quantitative estimate of drug-likeness (QED) is 0.730. The second-order valence-electron chi connectivity index (χ2n) is 5.58. The molecule has 2 heterocycles. The fraction of sp³-hybridized carbons (Fsp3) is 0.235. The van der Waals surface area contributed by atoms with Gasteiger partial charge in [0, 0.05) is 18.5 Å². The minimum absolute atomic E-state index is 0.214. The van der Waals surface area contributed by atoms with Crippen molar-refractivity contribution >= 4 is 23.3 Å². The lowest BCUT2D eigenvalue weighted by molar-refractivity contribution is -0.119. The van der Waals surface area contributed by atoms with Crippen LogP contribution in [0.25, 0.3) is 0 Å². The Balaban J connectivity index is 1.65. The van der Waals surface area contributed by atoms with Gasteiger partial charge in [-0.1, -0.05) is 30.7 Å². The first-order chi connectivity index (χ1) is 12.0. The van der Waals surface area contributed by atoms with E-state index in [1.54, 1.807) is 35.3 Å². The zero-order valence-corrected chi connectivity index (χ0v) is 14.3.